The highest BCUT2D eigenvalue weighted by molar-refractivity contribution is 7.80. The number of hydrogen-bond donors (Lipinski definition) is 1. The number of benzene rings is 2. The zero-order valence-corrected chi connectivity index (χ0v) is 30.2. The van der Waals surface area contributed by atoms with Gasteiger partial charge in [0.2, 0.25) is 6.41 Å². The second-order valence-electron chi connectivity index (χ2n) is 12.2. The number of rotatable bonds is 11. The van der Waals surface area contributed by atoms with Crippen LogP contribution in [0.1, 0.15) is 115 Å². The van der Waals surface area contributed by atoms with Crippen LogP contribution in [-0.4, -0.2) is 35.6 Å². The van der Waals surface area contributed by atoms with Gasteiger partial charge in [0.1, 0.15) is 0 Å². The van der Waals surface area contributed by atoms with Crippen LogP contribution in [-0.2, 0) is 4.79 Å². The van der Waals surface area contributed by atoms with Crippen molar-refractivity contribution in [1.29, 1.82) is 0 Å². The van der Waals surface area contributed by atoms with Crippen molar-refractivity contribution >= 4 is 29.4 Å². The molecule has 1 saturated carbocycles. The van der Waals surface area contributed by atoms with Gasteiger partial charge in [0.05, 0.1) is 6.04 Å². The zero-order chi connectivity index (χ0) is 33.6. The largest absolute Gasteiger partial charge is 0.352 e. The van der Waals surface area contributed by atoms with Gasteiger partial charge in [0.15, 0.2) is 5.11 Å². The summed E-state index contributed by atoms with van der Waals surface area (Å²) in [5.74, 6) is 1.11. The molecule has 5 heteroatoms. The van der Waals surface area contributed by atoms with Crippen molar-refractivity contribution in [2.75, 3.05) is 18.0 Å². The van der Waals surface area contributed by atoms with Crippen LogP contribution in [0.3, 0.4) is 0 Å². The number of thiocarbonyl (C=S) groups is 1. The first-order valence-electron chi connectivity index (χ1n) is 17.9. The van der Waals surface area contributed by atoms with E-state index in [-0.39, 0.29) is 12.1 Å². The molecule has 4 rings (SSSR count). The predicted molar refractivity (Wildman–Crippen MR) is 204 cm³/mol. The Hall–Kier alpha value is -3.18. The third-order valence-electron chi connectivity index (χ3n) is 9.03. The van der Waals surface area contributed by atoms with Crippen molar-refractivity contribution in [1.82, 2.24) is 10.2 Å². The van der Waals surface area contributed by atoms with Crippen LogP contribution in [0.2, 0.25) is 0 Å². The lowest BCUT2D eigenvalue weighted by Crippen LogP contribution is -2.43. The van der Waals surface area contributed by atoms with Crippen molar-refractivity contribution in [3.8, 4) is 0 Å². The molecule has 2 aliphatic rings. The van der Waals surface area contributed by atoms with E-state index in [1.165, 1.54) is 51.4 Å². The predicted octanol–water partition coefficient (Wildman–Crippen LogP) is 10.9. The first kappa shape index (κ1) is 39.0. The fourth-order valence-corrected chi connectivity index (χ4v) is 6.73. The highest BCUT2D eigenvalue weighted by Gasteiger charge is 2.26. The number of carbonyl (C=O) groups is 1. The van der Waals surface area contributed by atoms with Crippen LogP contribution in [0, 0.1) is 12.8 Å². The average Bonchev–Trinajstić information content (AvgIpc) is 3.37. The second kappa shape index (κ2) is 23.2. The standard InChI is InChI=1S/C29H35N3OS.C10H20.C2H6/c1-4-6-14-24(5-2)28(25-15-8-7-9-16-25)30-29(34)31-20-12-17-26(19-21-31)32(22-33)27-18-11-10-13-23(27)3;1-2-3-7-10-8-5-4-6-9-10;1-2/h4-11,13-16,18,22,26,28H,2,12,17,19-21H2,1,3H3,(H,30,34);10H,2-9H2,1H3;1-2H3/b6-4-,24-14+;;. The number of anilines is 1. The number of amides is 1. The minimum absolute atomic E-state index is 0.0834. The van der Waals surface area contributed by atoms with Crippen LogP contribution in [0.15, 0.2) is 91.1 Å². The lowest BCUT2D eigenvalue weighted by Gasteiger charge is -2.30. The second-order valence-corrected chi connectivity index (χ2v) is 12.6. The quantitative estimate of drug-likeness (QED) is 0.150. The van der Waals surface area contributed by atoms with Gasteiger partial charge >= 0.3 is 0 Å². The smallest absolute Gasteiger partial charge is 0.214 e. The molecule has 2 fully saturated rings. The van der Waals surface area contributed by atoms with Crippen molar-refractivity contribution < 1.29 is 4.79 Å². The number of carbonyl (C=O) groups excluding carboxylic acids is 1. The SMILES string of the molecule is C=C/C(=C\C=C/C)C(NC(=S)N1CCCC(N(C=O)c2ccccc2C)CC1)c1ccccc1.CC.CCCCC1CCCCC1. The number of aryl methyl sites for hydroxylation is 1. The number of unbranched alkanes of at least 4 members (excludes halogenated alkanes) is 1. The highest BCUT2D eigenvalue weighted by Crippen LogP contribution is 2.28. The maximum Gasteiger partial charge on any atom is 0.214 e. The molecule has 0 bridgehead atoms. The summed E-state index contributed by atoms with van der Waals surface area (Å²) in [6, 6.07) is 18.5. The average molecular weight is 644 g/mol. The van der Waals surface area contributed by atoms with E-state index in [1.807, 2.05) is 80.3 Å². The van der Waals surface area contributed by atoms with Gasteiger partial charge in [-0.2, -0.15) is 0 Å². The Kier molecular flexibility index (Phi) is 19.7. The third kappa shape index (κ3) is 12.9. The molecule has 2 unspecified atom stereocenters. The molecule has 2 aromatic carbocycles. The van der Waals surface area contributed by atoms with Gasteiger partial charge in [-0.1, -0.05) is 152 Å². The Bertz CT molecular complexity index is 1200. The molecule has 1 N–H and O–H groups in total. The summed E-state index contributed by atoms with van der Waals surface area (Å²) >= 11 is 5.89. The highest BCUT2D eigenvalue weighted by atomic mass is 32.1. The Morgan fingerprint density at radius 1 is 1.00 bits per heavy atom. The van der Waals surface area contributed by atoms with E-state index >= 15 is 0 Å². The van der Waals surface area contributed by atoms with E-state index in [4.69, 9.17) is 12.2 Å². The van der Waals surface area contributed by atoms with Gasteiger partial charge in [-0.25, -0.2) is 0 Å². The molecule has 1 heterocycles. The number of nitrogens with zero attached hydrogens (tertiary/aromatic N) is 2. The molecule has 1 aliphatic heterocycles. The molecule has 252 valence electrons. The normalized spacial score (nSPS) is 17.8. The summed E-state index contributed by atoms with van der Waals surface area (Å²) in [6.45, 7) is 16.0. The number of hydrogen-bond acceptors (Lipinski definition) is 2. The Balaban J connectivity index is 0.000000517. The Morgan fingerprint density at radius 3 is 2.33 bits per heavy atom. The molecular formula is C41H61N3OS. The van der Waals surface area contributed by atoms with Crippen LogP contribution >= 0.6 is 12.2 Å². The van der Waals surface area contributed by atoms with E-state index in [0.717, 1.165) is 72.2 Å². The maximum atomic E-state index is 12.0. The van der Waals surface area contributed by atoms with E-state index in [2.05, 4.69) is 54.9 Å². The summed E-state index contributed by atoms with van der Waals surface area (Å²) < 4.78 is 0. The third-order valence-corrected chi connectivity index (χ3v) is 9.40. The van der Waals surface area contributed by atoms with Crippen LogP contribution < -0.4 is 10.2 Å². The molecule has 4 nitrogen and oxygen atoms in total. The monoisotopic (exact) mass is 643 g/mol. The van der Waals surface area contributed by atoms with E-state index < -0.39 is 0 Å². The van der Waals surface area contributed by atoms with Crippen molar-refractivity contribution in [3.63, 3.8) is 0 Å². The fourth-order valence-electron chi connectivity index (χ4n) is 6.43. The number of para-hydroxylation sites is 1. The maximum absolute atomic E-state index is 12.0. The first-order chi connectivity index (χ1) is 22.5. The minimum atomic E-state index is -0.0834. The summed E-state index contributed by atoms with van der Waals surface area (Å²) in [7, 11) is 0. The van der Waals surface area contributed by atoms with Gasteiger partial charge in [0, 0.05) is 24.8 Å². The molecule has 0 aromatic heterocycles. The minimum Gasteiger partial charge on any atom is -0.352 e. The Morgan fingerprint density at radius 2 is 1.70 bits per heavy atom. The van der Waals surface area contributed by atoms with Crippen molar-refractivity contribution in [2.24, 2.45) is 5.92 Å². The summed E-state index contributed by atoms with van der Waals surface area (Å²) in [6.07, 6.45) is 23.7. The fraction of sp³-hybridized carbons (Fsp3) is 0.512. The molecule has 2 atom stereocenters. The lowest BCUT2D eigenvalue weighted by molar-refractivity contribution is -0.107. The molecular weight excluding hydrogens is 583 g/mol. The Labute approximate surface area is 287 Å². The van der Waals surface area contributed by atoms with E-state index in [0.29, 0.717) is 0 Å². The van der Waals surface area contributed by atoms with Crippen molar-refractivity contribution in [2.45, 2.75) is 117 Å². The summed E-state index contributed by atoms with van der Waals surface area (Å²) in [5.41, 5.74) is 4.31. The molecule has 46 heavy (non-hydrogen) atoms. The summed E-state index contributed by atoms with van der Waals surface area (Å²) in [4.78, 5) is 16.2. The van der Waals surface area contributed by atoms with Gasteiger partial charge in [-0.3, -0.25) is 4.79 Å². The van der Waals surface area contributed by atoms with Gasteiger partial charge in [-0.05, 0) is 74.0 Å². The van der Waals surface area contributed by atoms with Crippen LogP contribution in [0.25, 0.3) is 0 Å². The van der Waals surface area contributed by atoms with Gasteiger partial charge < -0.3 is 15.1 Å². The molecule has 1 aliphatic carbocycles. The van der Waals surface area contributed by atoms with Crippen molar-refractivity contribution in [3.05, 3.63) is 102 Å². The van der Waals surface area contributed by atoms with Gasteiger partial charge in [0.25, 0.3) is 0 Å². The molecule has 1 amide bonds. The number of likely N-dealkylation sites (tertiary alicyclic amines) is 1. The molecule has 0 spiro atoms. The van der Waals surface area contributed by atoms with E-state index in [1.54, 1.807) is 0 Å². The van der Waals surface area contributed by atoms with Crippen LogP contribution in [0.5, 0.6) is 0 Å². The lowest BCUT2D eigenvalue weighted by atomic mass is 9.86. The zero-order valence-electron chi connectivity index (χ0n) is 29.4. The summed E-state index contributed by atoms with van der Waals surface area (Å²) in [5, 5.41) is 4.32. The number of allylic oxidation sites excluding steroid dienone is 3. The van der Waals surface area contributed by atoms with E-state index in [9.17, 15) is 4.79 Å². The molecule has 0 radical (unpaired) electrons. The first-order valence-corrected chi connectivity index (χ1v) is 18.3. The molecule has 1 saturated heterocycles. The molecule has 2 aromatic rings. The van der Waals surface area contributed by atoms with Gasteiger partial charge in [-0.15, -0.1) is 0 Å². The number of nitrogens with one attached hydrogen (secondary N) is 1. The topological polar surface area (TPSA) is 35.6 Å². The van der Waals surface area contributed by atoms with Crippen LogP contribution in [0.4, 0.5) is 5.69 Å².